The molecule has 0 aliphatic heterocycles. The number of nitrogens with zero attached hydrogens (tertiary/aromatic N) is 1. The van der Waals surface area contributed by atoms with Gasteiger partial charge in [-0.05, 0) is 70.2 Å². The minimum absolute atomic E-state index is 1.04. The van der Waals surface area contributed by atoms with E-state index >= 15 is 0 Å². The zero-order chi connectivity index (χ0) is 26.6. The lowest BCUT2D eigenvalue weighted by Gasteiger charge is -2.12. The highest BCUT2D eigenvalue weighted by molar-refractivity contribution is 6.01. The van der Waals surface area contributed by atoms with Crippen molar-refractivity contribution in [2.45, 2.75) is 53.4 Å². The lowest BCUT2D eigenvalue weighted by atomic mass is 9.90. The first kappa shape index (κ1) is 25.8. The molecule has 1 heterocycles. The van der Waals surface area contributed by atoms with Gasteiger partial charge < -0.3 is 4.57 Å². The molecule has 5 rings (SSSR count). The molecule has 38 heavy (non-hydrogen) atoms. The second-order valence-corrected chi connectivity index (χ2v) is 10.2. The first-order chi connectivity index (χ1) is 18.6. The van der Waals surface area contributed by atoms with Crippen LogP contribution in [-0.4, -0.2) is 4.57 Å². The van der Waals surface area contributed by atoms with E-state index in [1.165, 1.54) is 67.0 Å². The Morgan fingerprint density at radius 3 is 0.842 bits per heavy atom. The Kier molecular flexibility index (Phi) is 7.65. The normalized spacial score (nSPS) is 11.2. The largest absolute Gasteiger partial charge is 0.343 e. The zero-order valence-corrected chi connectivity index (χ0v) is 23.5. The summed E-state index contributed by atoms with van der Waals surface area (Å²) in [7, 11) is 2.24. The molecular formula is C37H39N. The summed E-state index contributed by atoms with van der Waals surface area (Å²) in [5.41, 5.74) is 15.6. The van der Waals surface area contributed by atoms with Crippen molar-refractivity contribution in [1.82, 2.24) is 4.57 Å². The molecule has 1 aromatic heterocycles. The summed E-state index contributed by atoms with van der Waals surface area (Å²) in [6.07, 6.45) is 4.17. The van der Waals surface area contributed by atoms with E-state index in [0.717, 1.165) is 25.7 Å². The van der Waals surface area contributed by atoms with Crippen LogP contribution in [0, 0.1) is 0 Å². The molecular weight excluding hydrogens is 458 g/mol. The summed E-state index contributed by atoms with van der Waals surface area (Å²) in [5, 5.41) is 0. The molecule has 0 aliphatic carbocycles. The van der Waals surface area contributed by atoms with Gasteiger partial charge >= 0.3 is 0 Å². The molecule has 0 fully saturated rings. The van der Waals surface area contributed by atoms with Crippen molar-refractivity contribution in [1.29, 1.82) is 0 Å². The van der Waals surface area contributed by atoms with E-state index in [0.29, 0.717) is 0 Å². The van der Waals surface area contributed by atoms with Crippen LogP contribution in [0.4, 0.5) is 0 Å². The lowest BCUT2D eigenvalue weighted by Crippen LogP contribution is -1.96. The maximum absolute atomic E-state index is 2.42. The Morgan fingerprint density at radius 2 is 0.605 bits per heavy atom. The Morgan fingerprint density at radius 1 is 0.368 bits per heavy atom. The van der Waals surface area contributed by atoms with Crippen molar-refractivity contribution in [2.75, 3.05) is 0 Å². The molecule has 0 spiro atoms. The van der Waals surface area contributed by atoms with Crippen LogP contribution in [-0.2, 0) is 32.7 Å². The van der Waals surface area contributed by atoms with Crippen LogP contribution in [0.5, 0.6) is 0 Å². The molecule has 1 heteroatoms. The van der Waals surface area contributed by atoms with Crippen LogP contribution in [0.2, 0.25) is 0 Å². The monoisotopic (exact) mass is 497 g/mol. The maximum atomic E-state index is 2.42. The van der Waals surface area contributed by atoms with Crippen molar-refractivity contribution >= 4 is 0 Å². The Hall–Kier alpha value is -3.84. The SMILES string of the molecule is CCc1ccc(-c2c(-c3ccc(CC)cc3)c(-c3ccc(CC)cc3)n(C)c2-c2ccc(CC)cc2)cc1. The fourth-order valence-corrected chi connectivity index (χ4v) is 5.53. The number of rotatable bonds is 8. The van der Waals surface area contributed by atoms with Crippen molar-refractivity contribution in [2.24, 2.45) is 7.05 Å². The minimum Gasteiger partial charge on any atom is -0.343 e. The molecule has 0 saturated carbocycles. The highest BCUT2D eigenvalue weighted by atomic mass is 15.0. The minimum atomic E-state index is 1.04. The average molecular weight is 498 g/mol. The Bertz CT molecular complexity index is 1380. The van der Waals surface area contributed by atoms with Crippen LogP contribution in [0.1, 0.15) is 49.9 Å². The smallest absolute Gasteiger partial charge is 0.0568 e. The number of aryl methyl sites for hydroxylation is 4. The average Bonchev–Trinajstić information content (AvgIpc) is 3.29. The molecule has 0 unspecified atom stereocenters. The first-order valence-corrected chi connectivity index (χ1v) is 14.2. The molecule has 0 atom stereocenters. The summed E-state index contributed by atoms with van der Waals surface area (Å²) in [5.74, 6) is 0. The predicted molar refractivity (Wildman–Crippen MR) is 165 cm³/mol. The second-order valence-electron chi connectivity index (χ2n) is 10.2. The molecule has 1 nitrogen and oxygen atoms in total. The topological polar surface area (TPSA) is 4.93 Å². The van der Waals surface area contributed by atoms with E-state index in [2.05, 4.69) is 136 Å². The van der Waals surface area contributed by atoms with Gasteiger partial charge in [-0.25, -0.2) is 0 Å². The van der Waals surface area contributed by atoms with Gasteiger partial charge in [-0.15, -0.1) is 0 Å². The van der Waals surface area contributed by atoms with E-state index in [4.69, 9.17) is 0 Å². The Balaban J connectivity index is 1.86. The number of aromatic nitrogens is 1. The van der Waals surface area contributed by atoms with Gasteiger partial charge in [-0.2, -0.15) is 0 Å². The molecule has 0 saturated heterocycles. The number of benzene rings is 4. The van der Waals surface area contributed by atoms with Crippen LogP contribution in [0.15, 0.2) is 97.1 Å². The fourth-order valence-electron chi connectivity index (χ4n) is 5.53. The van der Waals surface area contributed by atoms with E-state index in [9.17, 15) is 0 Å². The third-order valence-electron chi connectivity index (χ3n) is 7.97. The van der Waals surface area contributed by atoms with Gasteiger partial charge in [0.1, 0.15) is 0 Å². The summed E-state index contributed by atoms with van der Waals surface area (Å²) >= 11 is 0. The highest BCUT2D eigenvalue weighted by Crippen LogP contribution is 2.48. The van der Waals surface area contributed by atoms with Crippen LogP contribution in [0.3, 0.4) is 0 Å². The van der Waals surface area contributed by atoms with E-state index in [-0.39, 0.29) is 0 Å². The summed E-state index contributed by atoms with van der Waals surface area (Å²) in [6, 6.07) is 36.7. The van der Waals surface area contributed by atoms with Gasteiger partial charge in [0.05, 0.1) is 11.4 Å². The van der Waals surface area contributed by atoms with Gasteiger partial charge in [-0.3, -0.25) is 0 Å². The zero-order valence-electron chi connectivity index (χ0n) is 23.5. The summed E-state index contributed by atoms with van der Waals surface area (Å²) in [4.78, 5) is 0. The number of hydrogen-bond donors (Lipinski definition) is 0. The van der Waals surface area contributed by atoms with E-state index < -0.39 is 0 Å². The third kappa shape index (κ3) is 4.86. The molecule has 0 bridgehead atoms. The predicted octanol–water partition coefficient (Wildman–Crippen LogP) is 9.94. The van der Waals surface area contributed by atoms with Crippen LogP contribution >= 0.6 is 0 Å². The van der Waals surface area contributed by atoms with Crippen molar-refractivity contribution in [3.05, 3.63) is 119 Å². The first-order valence-electron chi connectivity index (χ1n) is 14.2. The van der Waals surface area contributed by atoms with Gasteiger partial charge in [0.15, 0.2) is 0 Å². The Labute approximate surface area is 228 Å². The third-order valence-corrected chi connectivity index (χ3v) is 7.97. The molecule has 4 aromatic carbocycles. The molecule has 0 radical (unpaired) electrons. The second kappa shape index (κ2) is 11.3. The van der Waals surface area contributed by atoms with Gasteiger partial charge in [0, 0.05) is 18.2 Å². The molecule has 5 aromatic rings. The molecule has 0 amide bonds. The van der Waals surface area contributed by atoms with Crippen molar-refractivity contribution in [3.63, 3.8) is 0 Å². The molecule has 192 valence electrons. The lowest BCUT2D eigenvalue weighted by molar-refractivity contribution is 0.946. The summed E-state index contributed by atoms with van der Waals surface area (Å²) < 4.78 is 2.42. The standard InChI is InChI=1S/C37H39N/c1-6-26-10-18-30(19-11-26)34-35(31-20-12-27(7-2)13-21-31)37(33-24-16-29(9-4)17-25-33)38(5)36(34)32-22-14-28(8-3)15-23-32/h10-25H,6-9H2,1-5H3. The van der Waals surface area contributed by atoms with Gasteiger partial charge in [0.2, 0.25) is 0 Å². The quantitative estimate of drug-likeness (QED) is 0.201. The molecule has 0 N–H and O–H groups in total. The van der Waals surface area contributed by atoms with Gasteiger partial charge in [0.25, 0.3) is 0 Å². The summed E-state index contributed by atoms with van der Waals surface area (Å²) in [6.45, 7) is 8.87. The molecule has 0 aliphatic rings. The number of hydrogen-bond acceptors (Lipinski definition) is 0. The van der Waals surface area contributed by atoms with Crippen LogP contribution < -0.4 is 0 Å². The van der Waals surface area contributed by atoms with Crippen LogP contribution in [0.25, 0.3) is 44.8 Å². The van der Waals surface area contributed by atoms with E-state index in [1.54, 1.807) is 0 Å². The fraction of sp³-hybridized carbons (Fsp3) is 0.243. The van der Waals surface area contributed by atoms with E-state index in [1.807, 2.05) is 0 Å². The van der Waals surface area contributed by atoms with Crippen molar-refractivity contribution in [3.8, 4) is 44.8 Å². The highest BCUT2D eigenvalue weighted by Gasteiger charge is 2.25. The van der Waals surface area contributed by atoms with Gasteiger partial charge in [-0.1, -0.05) is 125 Å². The maximum Gasteiger partial charge on any atom is 0.0568 e. The van der Waals surface area contributed by atoms with Crippen molar-refractivity contribution < 1.29 is 0 Å².